The number of hydrogen-bond donors (Lipinski definition) is 1. The molecule has 1 N–H and O–H groups in total. The minimum Gasteiger partial charge on any atom is -0.462 e. The maximum Gasteiger partial charge on any atom is 0.293 e. The Kier molecular flexibility index (Phi) is 13.1. The summed E-state index contributed by atoms with van der Waals surface area (Å²) in [4.78, 5) is 36.8. The Morgan fingerprint density at radius 1 is 0.722 bits per heavy atom. The third-order valence-electron chi connectivity index (χ3n) is 8.96. The fourth-order valence-electron chi connectivity index (χ4n) is 6.42. The molecular weight excluding hydrogens is 452 g/mol. The Morgan fingerprint density at radius 3 is 1.56 bits per heavy atom. The van der Waals surface area contributed by atoms with Crippen LogP contribution in [0.2, 0.25) is 0 Å². The van der Waals surface area contributed by atoms with Gasteiger partial charge in [0.1, 0.15) is 17.2 Å². The van der Waals surface area contributed by atoms with Gasteiger partial charge in [0.05, 0.1) is 0 Å². The molecule has 0 aromatic heterocycles. The van der Waals surface area contributed by atoms with E-state index >= 15 is 0 Å². The van der Waals surface area contributed by atoms with Crippen LogP contribution in [0.3, 0.4) is 0 Å². The zero-order valence-corrected chi connectivity index (χ0v) is 23.7. The Morgan fingerprint density at radius 2 is 1.14 bits per heavy atom. The van der Waals surface area contributed by atoms with E-state index in [2.05, 4.69) is 13.8 Å². The molecule has 2 saturated carbocycles. The third kappa shape index (κ3) is 10.6. The van der Waals surface area contributed by atoms with Crippen molar-refractivity contribution in [3.63, 3.8) is 0 Å². The average Bonchev–Trinajstić information content (AvgIpc) is 2.83. The van der Waals surface area contributed by atoms with Crippen molar-refractivity contribution >= 4 is 18.0 Å². The number of carbonyl (C=O) groups excluding carboxylic acids is 3. The lowest BCUT2D eigenvalue weighted by molar-refractivity contribution is -0.141. The van der Waals surface area contributed by atoms with Gasteiger partial charge in [0.2, 0.25) is 0 Å². The molecular formula is C31H54O5. The molecule has 0 bridgehead atoms. The Labute approximate surface area is 220 Å². The van der Waals surface area contributed by atoms with Crippen LogP contribution < -0.4 is 0 Å². The van der Waals surface area contributed by atoms with Crippen LogP contribution in [0, 0.1) is 29.1 Å². The van der Waals surface area contributed by atoms with Gasteiger partial charge in [-0.1, -0.05) is 52.4 Å². The minimum absolute atomic E-state index is 0.0162. The fraction of sp³-hybridized carbons (Fsp3) is 0.903. The molecule has 5 nitrogen and oxygen atoms in total. The molecule has 208 valence electrons. The van der Waals surface area contributed by atoms with Gasteiger partial charge in [0.25, 0.3) is 6.47 Å². The molecule has 4 atom stereocenters. The van der Waals surface area contributed by atoms with Crippen molar-refractivity contribution in [2.24, 2.45) is 29.1 Å². The van der Waals surface area contributed by atoms with E-state index < -0.39 is 5.60 Å². The zero-order chi connectivity index (χ0) is 26.6. The van der Waals surface area contributed by atoms with Gasteiger partial charge in [-0.3, -0.25) is 14.4 Å². The molecule has 4 unspecified atom stereocenters. The summed E-state index contributed by atoms with van der Waals surface area (Å²) in [6.07, 6.45) is 17.2. The van der Waals surface area contributed by atoms with Gasteiger partial charge in [0, 0.05) is 30.3 Å². The Balaban J connectivity index is 1.68. The summed E-state index contributed by atoms with van der Waals surface area (Å²) in [6, 6.07) is 0. The lowest BCUT2D eigenvalue weighted by Gasteiger charge is -2.30. The summed E-state index contributed by atoms with van der Waals surface area (Å²) in [6.45, 7) is 8.81. The molecule has 2 rings (SSSR count). The van der Waals surface area contributed by atoms with E-state index in [1.54, 1.807) is 0 Å². The summed E-state index contributed by atoms with van der Waals surface area (Å²) < 4.78 is 5.13. The predicted octanol–water partition coefficient (Wildman–Crippen LogP) is 7.22. The molecule has 0 spiro atoms. The van der Waals surface area contributed by atoms with Gasteiger partial charge in [-0.25, -0.2) is 0 Å². The van der Waals surface area contributed by atoms with Crippen LogP contribution in [-0.2, 0) is 19.1 Å². The molecule has 0 saturated heterocycles. The maximum atomic E-state index is 13.1. The first kappa shape index (κ1) is 31.0. The maximum absolute atomic E-state index is 13.1. The van der Waals surface area contributed by atoms with Crippen molar-refractivity contribution in [2.45, 2.75) is 142 Å². The highest BCUT2D eigenvalue weighted by Crippen LogP contribution is 2.36. The highest BCUT2D eigenvalue weighted by atomic mass is 16.5. The fourth-order valence-corrected chi connectivity index (χ4v) is 6.42. The summed E-state index contributed by atoms with van der Waals surface area (Å²) in [5, 5.41) is 9.43. The van der Waals surface area contributed by atoms with Crippen LogP contribution in [0.5, 0.6) is 0 Å². The van der Waals surface area contributed by atoms with Gasteiger partial charge >= 0.3 is 0 Å². The number of ether oxygens (including phenoxy) is 1. The van der Waals surface area contributed by atoms with Crippen molar-refractivity contribution in [1.29, 1.82) is 0 Å². The first-order chi connectivity index (χ1) is 17.1. The van der Waals surface area contributed by atoms with Gasteiger partial charge in [0.15, 0.2) is 0 Å². The highest BCUT2D eigenvalue weighted by Gasteiger charge is 2.33. The van der Waals surface area contributed by atoms with E-state index in [4.69, 9.17) is 4.74 Å². The quantitative estimate of drug-likeness (QED) is 0.166. The van der Waals surface area contributed by atoms with E-state index in [9.17, 15) is 19.5 Å². The number of rotatable bonds is 17. The zero-order valence-electron chi connectivity index (χ0n) is 23.7. The van der Waals surface area contributed by atoms with Crippen molar-refractivity contribution < 1.29 is 24.2 Å². The van der Waals surface area contributed by atoms with Gasteiger partial charge in [-0.05, 0) is 89.9 Å². The van der Waals surface area contributed by atoms with Gasteiger partial charge < -0.3 is 9.84 Å². The van der Waals surface area contributed by atoms with Crippen LogP contribution in [0.4, 0.5) is 0 Å². The van der Waals surface area contributed by atoms with E-state index in [-0.39, 0.29) is 35.7 Å². The van der Waals surface area contributed by atoms with Gasteiger partial charge in [-0.2, -0.15) is 0 Å². The molecule has 0 heterocycles. The molecule has 0 amide bonds. The number of aliphatic hydroxyl groups excluding tert-OH is 1. The van der Waals surface area contributed by atoms with Crippen LogP contribution in [0.15, 0.2) is 0 Å². The topological polar surface area (TPSA) is 80.7 Å². The average molecular weight is 507 g/mol. The molecule has 2 aliphatic rings. The summed E-state index contributed by atoms with van der Waals surface area (Å²) in [7, 11) is 0. The Bertz CT molecular complexity index is 682. The second-order valence-electron chi connectivity index (χ2n) is 13.2. The van der Waals surface area contributed by atoms with Crippen LogP contribution in [0.25, 0.3) is 0 Å². The number of hydrogen-bond acceptors (Lipinski definition) is 5. The molecule has 2 fully saturated rings. The highest BCUT2D eigenvalue weighted by molar-refractivity contribution is 5.84. The lowest BCUT2D eigenvalue weighted by Crippen LogP contribution is -2.30. The third-order valence-corrected chi connectivity index (χ3v) is 8.96. The number of carbonyl (C=O) groups is 3. The molecule has 5 heteroatoms. The normalized spacial score (nSPS) is 25.7. The van der Waals surface area contributed by atoms with Crippen molar-refractivity contribution in [3.05, 3.63) is 0 Å². The number of unbranched alkanes of at least 4 members (excludes halogenated alkanes) is 2. The molecule has 0 radical (unpaired) electrons. The van der Waals surface area contributed by atoms with Crippen LogP contribution in [0.1, 0.15) is 137 Å². The first-order valence-electron chi connectivity index (χ1n) is 14.9. The van der Waals surface area contributed by atoms with Crippen LogP contribution >= 0.6 is 0 Å². The molecule has 2 aliphatic carbocycles. The largest absolute Gasteiger partial charge is 0.462 e. The van der Waals surface area contributed by atoms with Crippen molar-refractivity contribution in [1.82, 2.24) is 0 Å². The SMILES string of the molecule is CC(C)(CO)CCCCC1CCCC(CCCC2CCCC(CCCCC(C)(C)OC=O)C2=O)C1=O. The van der Waals surface area contributed by atoms with Crippen molar-refractivity contribution in [3.8, 4) is 0 Å². The van der Waals surface area contributed by atoms with Crippen molar-refractivity contribution in [2.75, 3.05) is 6.61 Å². The number of ketones is 2. The monoisotopic (exact) mass is 506 g/mol. The second kappa shape index (κ2) is 15.2. The summed E-state index contributed by atoms with van der Waals surface area (Å²) >= 11 is 0. The molecule has 36 heavy (non-hydrogen) atoms. The molecule has 0 aromatic carbocycles. The molecule has 0 aliphatic heterocycles. The Hall–Kier alpha value is -1.23. The number of Topliss-reactive ketones (excluding diaryl/α,β-unsaturated/α-hetero) is 2. The minimum atomic E-state index is -0.423. The second-order valence-corrected chi connectivity index (χ2v) is 13.2. The predicted molar refractivity (Wildman–Crippen MR) is 145 cm³/mol. The van der Waals surface area contributed by atoms with E-state index in [0.717, 1.165) is 109 Å². The first-order valence-corrected chi connectivity index (χ1v) is 14.9. The van der Waals surface area contributed by atoms with E-state index in [1.807, 2.05) is 13.8 Å². The summed E-state index contributed by atoms with van der Waals surface area (Å²) in [5.74, 6) is 1.74. The van der Waals surface area contributed by atoms with E-state index in [0.29, 0.717) is 18.0 Å². The standard InChI is InChI=1S/C31H54O5/c1-30(2,22-32)20-7-5-12-24-14-9-16-26(28(24)34)18-11-19-27-17-10-15-25(29(27)35)13-6-8-21-31(3,4)36-23-33/h23-27,32H,5-22H2,1-4H3. The molecule has 0 aromatic rings. The number of aliphatic hydroxyl groups is 1. The lowest BCUT2D eigenvalue weighted by atomic mass is 9.73. The van der Waals surface area contributed by atoms with Crippen LogP contribution in [-0.4, -0.2) is 35.4 Å². The van der Waals surface area contributed by atoms with E-state index in [1.165, 1.54) is 0 Å². The smallest absolute Gasteiger partial charge is 0.293 e. The summed E-state index contributed by atoms with van der Waals surface area (Å²) in [5.41, 5.74) is -0.440. The van der Waals surface area contributed by atoms with Gasteiger partial charge in [-0.15, -0.1) is 0 Å².